The van der Waals surface area contributed by atoms with Gasteiger partial charge in [0.15, 0.2) is 0 Å². The molecule has 1 aliphatic carbocycles. The Morgan fingerprint density at radius 2 is 1.97 bits per heavy atom. The second-order valence-electron chi connectivity index (χ2n) is 8.18. The lowest BCUT2D eigenvalue weighted by molar-refractivity contribution is -0.154. The Labute approximate surface area is 201 Å². The first-order valence-corrected chi connectivity index (χ1v) is 11.7. The number of esters is 1. The molecular formula is C23H22Cl3N3O3. The quantitative estimate of drug-likeness (QED) is 0.383. The van der Waals surface area contributed by atoms with Crippen molar-refractivity contribution >= 4 is 63.4 Å². The van der Waals surface area contributed by atoms with E-state index in [-0.39, 0.29) is 24.6 Å². The molecule has 0 amide bonds. The fourth-order valence-electron chi connectivity index (χ4n) is 4.39. The van der Waals surface area contributed by atoms with Gasteiger partial charge in [-0.2, -0.15) is 0 Å². The Kier molecular flexibility index (Phi) is 5.97. The molecule has 1 saturated carbocycles. The van der Waals surface area contributed by atoms with E-state index in [4.69, 9.17) is 49.3 Å². The predicted molar refractivity (Wildman–Crippen MR) is 126 cm³/mol. The first-order valence-electron chi connectivity index (χ1n) is 10.6. The van der Waals surface area contributed by atoms with Crippen molar-refractivity contribution < 1.29 is 14.3 Å². The van der Waals surface area contributed by atoms with E-state index in [9.17, 15) is 4.79 Å². The van der Waals surface area contributed by atoms with Crippen LogP contribution in [0.5, 0.6) is 0 Å². The van der Waals surface area contributed by atoms with Gasteiger partial charge in [0.05, 0.1) is 21.2 Å². The molecule has 3 aromatic rings. The van der Waals surface area contributed by atoms with Gasteiger partial charge in [-0.05, 0) is 43.5 Å². The Balaban J connectivity index is 1.64. The number of ether oxygens (including phenoxy) is 2. The fraction of sp³-hybridized carbons (Fsp3) is 0.391. The molecule has 1 atom stereocenters. The monoisotopic (exact) mass is 493 g/mol. The van der Waals surface area contributed by atoms with E-state index in [2.05, 4.69) is 9.47 Å². The Morgan fingerprint density at radius 1 is 1.16 bits per heavy atom. The molecule has 1 aromatic heterocycles. The number of carbonyl (C=O) groups excluding carboxylic acids is 1. The molecule has 0 N–H and O–H groups in total. The van der Waals surface area contributed by atoms with E-state index in [1.807, 2.05) is 24.3 Å². The van der Waals surface area contributed by atoms with Gasteiger partial charge in [-0.3, -0.25) is 0 Å². The van der Waals surface area contributed by atoms with Crippen molar-refractivity contribution in [2.45, 2.75) is 31.9 Å². The molecule has 1 unspecified atom stereocenters. The highest BCUT2D eigenvalue weighted by Gasteiger charge is 2.38. The highest BCUT2D eigenvalue weighted by molar-refractivity contribution is 6.36. The number of aryl methyl sites for hydroxylation is 1. The summed E-state index contributed by atoms with van der Waals surface area (Å²) in [4.78, 5) is 19.3. The van der Waals surface area contributed by atoms with Crippen molar-refractivity contribution in [2.24, 2.45) is 5.92 Å². The number of anilines is 2. The summed E-state index contributed by atoms with van der Waals surface area (Å²) in [6, 6.07) is 9.24. The molecule has 0 spiro atoms. The third kappa shape index (κ3) is 3.94. The van der Waals surface area contributed by atoms with Crippen LogP contribution < -0.4 is 4.90 Å². The van der Waals surface area contributed by atoms with Crippen molar-refractivity contribution in [1.29, 1.82) is 0 Å². The van der Waals surface area contributed by atoms with Crippen LogP contribution in [0.1, 0.15) is 30.9 Å². The van der Waals surface area contributed by atoms with Gasteiger partial charge in [-0.25, -0.2) is 9.78 Å². The van der Waals surface area contributed by atoms with Gasteiger partial charge in [-0.15, -0.1) is 0 Å². The SMILES string of the molecule is COCC(=O)OC(c1ccc(Cl)c2nc3n(c12)CCCN3c1ccc(Cl)cc1Cl)C1CC1. The number of rotatable bonds is 6. The van der Waals surface area contributed by atoms with Crippen LogP contribution >= 0.6 is 34.8 Å². The zero-order chi connectivity index (χ0) is 22.4. The zero-order valence-electron chi connectivity index (χ0n) is 17.5. The van der Waals surface area contributed by atoms with Crippen LogP contribution in [-0.4, -0.2) is 35.8 Å². The second-order valence-corrected chi connectivity index (χ2v) is 9.43. The zero-order valence-corrected chi connectivity index (χ0v) is 19.8. The van der Waals surface area contributed by atoms with Gasteiger partial charge >= 0.3 is 5.97 Å². The predicted octanol–water partition coefficient (Wildman–Crippen LogP) is 6.18. The third-order valence-electron chi connectivity index (χ3n) is 5.94. The number of fused-ring (bicyclic) bond motifs is 3. The van der Waals surface area contributed by atoms with Gasteiger partial charge in [0.1, 0.15) is 18.2 Å². The van der Waals surface area contributed by atoms with Crippen LogP contribution in [0.15, 0.2) is 30.3 Å². The summed E-state index contributed by atoms with van der Waals surface area (Å²) in [5.74, 6) is 0.680. The van der Waals surface area contributed by atoms with E-state index in [0.717, 1.165) is 55.1 Å². The third-order valence-corrected chi connectivity index (χ3v) is 6.78. The van der Waals surface area contributed by atoms with Crippen molar-refractivity contribution in [1.82, 2.24) is 9.55 Å². The highest BCUT2D eigenvalue weighted by Crippen LogP contribution is 2.47. The summed E-state index contributed by atoms with van der Waals surface area (Å²) in [6.45, 7) is 1.48. The molecule has 6 nitrogen and oxygen atoms in total. The first kappa shape index (κ1) is 21.8. The summed E-state index contributed by atoms with van der Waals surface area (Å²) in [5, 5.41) is 1.71. The average Bonchev–Trinajstić information content (AvgIpc) is 3.52. The van der Waals surface area contributed by atoms with Crippen LogP contribution in [-0.2, 0) is 20.8 Å². The number of nitrogens with zero attached hydrogens (tertiary/aromatic N) is 3. The highest BCUT2D eigenvalue weighted by atomic mass is 35.5. The Bertz CT molecular complexity index is 1190. The van der Waals surface area contributed by atoms with Crippen molar-refractivity contribution in [2.75, 3.05) is 25.2 Å². The summed E-state index contributed by atoms with van der Waals surface area (Å²) in [6.07, 6.45) is 2.58. The van der Waals surface area contributed by atoms with Crippen molar-refractivity contribution in [3.8, 4) is 0 Å². The molecule has 0 saturated heterocycles. The molecule has 168 valence electrons. The Hall–Kier alpha value is -1.99. The minimum absolute atomic E-state index is 0.0761. The fourth-order valence-corrected chi connectivity index (χ4v) is 5.10. The lowest BCUT2D eigenvalue weighted by atomic mass is 10.0. The summed E-state index contributed by atoms with van der Waals surface area (Å²) in [7, 11) is 1.48. The second kappa shape index (κ2) is 8.75. The van der Waals surface area contributed by atoms with E-state index in [1.165, 1.54) is 7.11 Å². The number of carbonyl (C=O) groups is 1. The molecule has 0 bridgehead atoms. The molecule has 0 radical (unpaired) electrons. The first-order chi connectivity index (χ1) is 15.5. The number of aromatic nitrogens is 2. The number of methoxy groups -OCH3 is 1. The normalized spacial score (nSPS) is 16.8. The molecule has 2 heterocycles. The maximum Gasteiger partial charge on any atom is 0.332 e. The lowest BCUT2D eigenvalue weighted by Gasteiger charge is -2.30. The minimum Gasteiger partial charge on any atom is -0.455 e. The lowest BCUT2D eigenvalue weighted by Crippen LogP contribution is -2.28. The molecule has 9 heteroatoms. The number of hydrogen-bond acceptors (Lipinski definition) is 5. The average molecular weight is 495 g/mol. The van der Waals surface area contributed by atoms with Crippen LogP contribution in [0.25, 0.3) is 11.0 Å². The number of benzene rings is 2. The maximum atomic E-state index is 12.3. The van der Waals surface area contributed by atoms with Crippen molar-refractivity contribution in [3.63, 3.8) is 0 Å². The minimum atomic E-state index is -0.375. The van der Waals surface area contributed by atoms with Gasteiger partial charge in [0.2, 0.25) is 5.95 Å². The van der Waals surface area contributed by atoms with Crippen molar-refractivity contribution in [3.05, 3.63) is 51.0 Å². The van der Waals surface area contributed by atoms with Crippen LogP contribution in [0.2, 0.25) is 15.1 Å². The van der Waals surface area contributed by atoms with Gasteiger partial charge in [0, 0.05) is 36.7 Å². The maximum absolute atomic E-state index is 12.3. The van der Waals surface area contributed by atoms with E-state index < -0.39 is 0 Å². The number of imidazole rings is 1. The molecule has 1 fully saturated rings. The Morgan fingerprint density at radius 3 is 2.69 bits per heavy atom. The number of halogens is 3. The van der Waals surface area contributed by atoms with Gasteiger partial charge in [-0.1, -0.05) is 40.9 Å². The standard InChI is InChI=1S/C23H22Cl3N3O3/c1-31-12-19(30)32-22(13-3-4-13)15-6-7-16(25)20-21(15)29-10-2-9-28(23(29)27-20)18-8-5-14(24)11-17(18)26/h5-8,11,13,22H,2-4,9-10,12H2,1H3. The topological polar surface area (TPSA) is 56.6 Å². The van der Waals surface area contributed by atoms with Crippen LogP contribution in [0, 0.1) is 5.92 Å². The molecule has 1 aliphatic heterocycles. The molecule has 32 heavy (non-hydrogen) atoms. The largest absolute Gasteiger partial charge is 0.455 e. The van der Waals surface area contributed by atoms with Crippen LogP contribution in [0.4, 0.5) is 11.6 Å². The molecular weight excluding hydrogens is 473 g/mol. The summed E-state index contributed by atoms with van der Waals surface area (Å²) >= 11 is 19.2. The molecule has 2 aromatic carbocycles. The smallest absolute Gasteiger partial charge is 0.332 e. The number of hydrogen-bond donors (Lipinski definition) is 0. The summed E-state index contributed by atoms with van der Waals surface area (Å²) in [5.41, 5.74) is 3.38. The van der Waals surface area contributed by atoms with Gasteiger partial charge in [0.25, 0.3) is 0 Å². The van der Waals surface area contributed by atoms with E-state index in [0.29, 0.717) is 20.6 Å². The van der Waals surface area contributed by atoms with Gasteiger partial charge < -0.3 is 18.9 Å². The molecule has 5 rings (SSSR count). The van der Waals surface area contributed by atoms with E-state index >= 15 is 0 Å². The molecule has 2 aliphatic rings. The van der Waals surface area contributed by atoms with Crippen LogP contribution in [0.3, 0.4) is 0 Å². The van der Waals surface area contributed by atoms with E-state index in [1.54, 1.807) is 6.07 Å². The summed E-state index contributed by atoms with van der Waals surface area (Å²) < 4.78 is 13.0.